The molecular weight excluding hydrogens is 262 g/mol. The van der Waals surface area contributed by atoms with Gasteiger partial charge in [0.15, 0.2) is 17.2 Å². The lowest BCUT2D eigenvalue weighted by molar-refractivity contribution is 0.0594. The molecule has 1 aromatic carbocycles. The summed E-state index contributed by atoms with van der Waals surface area (Å²) in [5.74, 6) is 0.812. The minimum Gasteiger partial charge on any atom is -0.493 e. The Labute approximate surface area is 116 Å². The molecule has 7 nitrogen and oxygen atoms in total. The molecule has 0 unspecified atom stereocenters. The third kappa shape index (κ3) is 3.25. The number of para-hydroxylation sites is 2. The summed E-state index contributed by atoms with van der Waals surface area (Å²) in [4.78, 5) is 11.2. The predicted octanol–water partition coefficient (Wildman–Crippen LogP) is 1.15. The zero-order chi connectivity index (χ0) is 14.4. The van der Waals surface area contributed by atoms with E-state index in [1.165, 1.54) is 18.0 Å². The highest BCUT2D eigenvalue weighted by Crippen LogP contribution is 2.25. The van der Waals surface area contributed by atoms with Gasteiger partial charge in [0.2, 0.25) is 0 Å². The first-order chi connectivity index (χ1) is 9.74. The van der Waals surface area contributed by atoms with Crippen LogP contribution in [0.1, 0.15) is 10.5 Å². The molecule has 106 valence electrons. The standard InChI is InChI=1S/C13H15N3O4/c1-18-11-5-3-4-6-12(11)20-8-7-16-9-10(14-15-16)13(17)19-2/h3-6,9H,7-8H2,1-2H3. The van der Waals surface area contributed by atoms with Crippen LogP contribution in [-0.2, 0) is 11.3 Å². The minimum absolute atomic E-state index is 0.171. The Morgan fingerprint density at radius 1 is 1.25 bits per heavy atom. The molecule has 0 aliphatic rings. The molecule has 20 heavy (non-hydrogen) atoms. The molecule has 0 atom stereocenters. The van der Waals surface area contributed by atoms with Gasteiger partial charge in [0.05, 0.1) is 27.0 Å². The maximum absolute atomic E-state index is 11.2. The van der Waals surface area contributed by atoms with Crippen molar-refractivity contribution in [1.82, 2.24) is 15.0 Å². The monoisotopic (exact) mass is 277 g/mol. The Kier molecular flexibility index (Phi) is 4.54. The zero-order valence-corrected chi connectivity index (χ0v) is 11.3. The number of hydrogen-bond acceptors (Lipinski definition) is 6. The van der Waals surface area contributed by atoms with Crippen molar-refractivity contribution >= 4 is 5.97 Å². The quantitative estimate of drug-likeness (QED) is 0.737. The van der Waals surface area contributed by atoms with Gasteiger partial charge >= 0.3 is 5.97 Å². The summed E-state index contributed by atoms with van der Waals surface area (Å²) in [5.41, 5.74) is 0.171. The van der Waals surface area contributed by atoms with Gasteiger partial charge in [0.1, 0.15) is 6.61 Å². The van der Waals surface area contributed by atoms with Gasteiger partial charge in [-0.1, -0.05) is 17.3 Å². The van der Waals surface area contributed by atoms with Gasteiger partial charge in [-0.15, -0.1) is 5.10 Å². The Balaban J connectivity index is 1.89. The first kappa shape index (κ1) is 13.9. The van der Waals surface area contributed by atoms with Crippen molar-refractivity contribution < 1.29 is 19.0 Å². The molecule has 0 aliphatic heterocycles. The van der Waals surface area contributed by atoms with E-state index in [1.54, 1.807) is 7.11 Å². The lowest BCUT2D eigenvalue weighted by Crippen LogP contribution is -2.09. The van der Waals surface area contributed by atoms with E-state index in [-0.39, 0.29) is 5.69 Å². The molecule has 0 amide bonds. The Morgan fingerprint density at radius 2 is 2.00 bits per heavy atom. The van der Waals surface area contributed by atoms with Gasteiger partial charge in [0, 0.05) is 0 Å². The fraction of sp³-hybridized carbons (Fsp3) is 0.308. The normalized spacial score (nSPS) is 10.1. The molecule has 0 fully saturated rings. The molecule has 0 N–H and O–H groups in total. The molecule has 0 saturated carbocycles. The second kappa shape index (κ2) is 6.55. The van der Waals surface area contributed by atoms with E-state index in [0.717, 1.165) is 0 Å². The van der Waals surface area contributed by atoms with E-state index in [9.17, 15) is 4.79 Å². The van der Waals surface area contributed by atoms with E-state index < -0.39 is 5.97 Å². The van der Waals surface area contributed by atoms with Crippen LogP contribution < -0.4 is 9.47 Å². The van der Waals surface area contributed by atoms with Crippen LogP contribution in [0.25, 0.3) is 0 Å². The van der Waals surface area contributed by atoms with Crippen molar-refractivity contribution in [1.29, 1.82) is 0 Å². The largest absolute Gasteiger partial charge is 0.493 e. The Bertz CT molecular complexity index is 583. The highest BCUT2D eigenvalue weighted by molar-refractivity contribution is 5.86. The average Bonchev–Trinajstić information content (AvgIpc) is 2.96. The third-order valence-corrected chi connectivity index (χ3v) is 2.58. The van der Waals surface area contributed by atoms with Crippen LogP contribution in [0.4, 0.5) is 0 Å². The Morgan fingerprint density at radius 3 is 2.70 bits per heavy atom. The third-order valence-electron chi connectivity index (χ3n) is 2.58. The topological polar surface area (TPSA) is 75.5 Å². The Hall–Kier alpha value is -2.57. The number of aromatic nitrogens is 3. The summed E-state index contributed by atoms with van der Waals surface area (Å²) in [6, 6.07) is 7.37. The maximum Gasteiger partial charge on any atom is 0.360 e. The van der Waals surface area contributed by atoms with E-state index >= 15 is 0 Å². The van der Waals surface area contributed by atoms with Crippen LogP contribution in [0.2, 0.25) is 0 Å². The highest BCUT2D eigenvalue weighted by atomic mass is 16.5. The highest BCUT2D eigenvalue weighted by Gasteiger charge is 2.10. The molecule has 2 rings (SSSR count). The second-order valence-corrected chi connectivity index (χ2v) is 3.86. The minimum atomic E-state index is -0.512. The summed E-state index contributed by atoms with van der Waals surface area (Å²) in [6.07, 6.45) is 1.51. The van der Waals surface area contributed by atoms with E-state index in [4.69, 9.17) is 9.47 Å². The van der Waals surface area contributed by atoms with Crippen molar-refractivity contribution in [3.63, 3.8) is 0 Å². The van der Waals surface area contributed by atoms with Gasteiger partial charge in [-0.2, -0.15) is 0 Å². The van der Waals surface area contributed by atoms with E-state index in [2.05, 4.69) is 15.0 Å². The molecule has 7 heteroatoms. The summed E-state index contributed by atoms with van der Waals surface area (Å²) in [6.45, 7) is 0.840. The van der Waals surface area contributed by atoms with Crippen molar-refractivity contribution in [2.75, 3.05) is 20.8 Å². The van der Waals surface area contributed by atoms with Gasteiger partial charge in [-0.25, -0.2) is 9.48 Å². The number of hydrogen-bond donors (Lipinski definition) is 0. The van der Waals surface area contributed by atoms with Crippen molar-refractivity contribution in [2.45, 2.75) is 6.54 Å². The summed E-state index contributed by atoms with van der Waals surface area (Å²) >= 11 is 0. The smallest absolute Gasteiger partial charge is 0.360 e. The number of rotatable bonds is 6. The zero-order valence-electron chi connectivity index (χ0n) is 11.3. The van der Waals surface area contributed by atoms with Crippen LogP contribution in [0.5, 0.6) is 11.5 Å². The van der Waals surface area contributed by atoms with Crippen molar-refractivity contribution in [3.8, 4) is 11.5 Å². The number of carbonyl (C=O) groups excluding carboxylic acids is 1. The van der Waals surface area contributed by atoms with E-state index in [1.807, 2.05) is 24.3 Å². The molecule has 1 aromatic heterocycles. The van der Waals surface area contributed by atoms with Crippen LogP contribution in [0, 0.1) is 0 Å². The summed E-state index contributed by atoms with van der Waals surface area (Å²) in [5, 5.41) is 7.52. The first-order valence-electron chi connectivity index (χ1n) is 5.99. The van der Waals surface area contributed by atoms with Gasteiger partial charge in [0.25, 0.3) is 0 Å². The number of methoxy groups -OCH3 is 2. The number of benzene rings is 1. The van der Waals surface area contributed by atoms with Gasteiger partial charge in [-0.05, 0) is 12.1 Å². The van der Waals surface area contributed by atoms with Crippen molar-refractivity contribution in [2.24, 2.45) is 0 Å². The summed E-state index contributed by atoms with van der Waals surface area (Å²) in [7, 11) is 2.88. The van der Waals surface area contributed by atoms with Crippen LogP contribution >= 0.6 is 0 Å². The molecule has 0 saturated heterocycles. The fourth-order valence-electron chi connectivity index (χ4n) is 1.59. The number of ether oxygens (including phenoxy) is 3. The molecule has 0 radical (unpaired) electrons. The van der Waals surface area contributed by atoms with Gasteiger partial charge in [-0.3, -0.25) is 0 Å². The average molecular weight is 277 g/mol. The molecule has 0 bridgehead atoms. The maximum atomic E-state index is 11.2. The first-order valence-corrected chi connectivity index (χ1v) is 5.99. The number of esters is 1. The summed E-state index contributed by atoms with van der Waals surface area (Å²) < 4.78 is 16.8. The van der Waals surface area contributed by atoms with Crippen LogP contribution in [-0.4, -0.2) is 41.8 Å². The lowest BCUT2D eigenvalue weighted by Gasteiger charge is -2.09. The number of nitrogens with zero attached hydrogens (tertiary/aromatic N) is 3. The fourth-order valence-corrected chi connectivity index (χ4v) is 1.59. The molecule has 0 aliphatic carbocycles. The second-order valence-electron chi connectivity index (χ2n) is 3.86. The SMILES string of the molecule is COC(=O)c1cn(CCOc2ccccc2OC)nn1. The van der Waals surface area contributed by atoms with Crippen LogP contribution in [0.3, 0.4) is 0 Å². The van der Waals surface area contributed by atoms with Crippen molar-refractivity contribution in [3.05, 3.63) is 36.2 Å². The van der Waals surface area contributed by atoms with E-state index in [0.29, 0.717) is 24.7 Å². The predicted molar refractivity (Wildman–Crippen MR) is 69.9 cm³/mol. The lowest BCUT2D eigenvalue weighted by atomic mass is 10.3. The van der Waals surface area contributed by atoms with Crippen LogP contribution in [0.15, 0.2) is 30.5 Å². The van der Waals surface area contributed by atoms with Gasteiger partial charge < -0.3 is 14.2 Å². The molecule has 1 heterocycles. The molecular formula is C13H15N3O4. The molecule has 2 aromatic rings. The molecule has 0 spiro atoms. The number of carbonyl (C=O) groups is 1.